The summed E-state index contributed by atoms with van der Waals surface area (Å²) in [6, 6.07) is 0. The molecular formula is C10H20FNO2S. The van der Waals surface area contributed by atoms with Crippen LogP contribution < -0.4 is 5.32 Å². The summed E-state index contributed by atoms with van der Waals surface area (Å²) in [7, 11) is 0. The normalized spacial score (nSPS) is 24.7. The zero-order chi connectivity index (χ0) is 11.3. The molecule has 1 fully saturated rings. The van der Waals surface area contributed by atoms with Crippen LogP contribution in [0.2, 0.25) is 0 Å². The summed E-state index contributed by atoms with van der Waals surface area (Å²) in [5.41, 5.74) is 0. The van der Waals surface area contributed by atoms with Crippen LogP contribution >= 0.6 is 0 Å². The van der Waals surface area contributed by atoms with Gasteiger partial charge in [-0.1, -0.05) is 19.3 Å². The fourth-order valence-electron chi connectivity index (χ4n) is 2.03. The van der Waals surface area contributed by atoms with E-state index in [9.17, 15) is 8.60 Å². The van der Waals surface area contributed by atoms with E-state index >= 15 is 0 Å². The minimum absolute atomic E-state index is 0.361. The molecule has 5 heteroatoms. The van der Waals surface area contributed by atoms with Gasteiger partial charge in [0.15, 0.2) is 16.9 Å². The summed E-state index contributed by atoms with van der Waals surface area (Å²) >= 11 is -2.08. The predicted octanol–water partition coefficient (Wildman–Crippen LogP) is 2.06. The molecule has 2 N–H and O–H groups in total. The highest BCUT2D eigenvalue weighted by Gasteiger charge is 2.26. The van der Waals surface area contributed by atoms with Crippen molar-refractivity contribution in [1.82, 2.24) is 5.32 Å². The zero-order valence-corrected chi connectivity index (χ0v) is 9.99. The SMILES string of the molecule is C[C@](F)(CS(=O)O)NCC1CCCCC1. The molecule has 1 saturated carbocycles. The van der Waals surface area contributed by atoms with Gasteiger partial charge in [-0.25, -0.2) is 8.60 Å². The van der Waals surface area contributed by atoms with Crippen molar-refractivity contribution in [2.24, 2.45) is 5.92 Å². The van der Waals surface area contributed by atoms with Crippen LogP contribution in [0, 0.1) is 5.92 Å². The van der Waals surface area contributed by atoms with E-state index < -0.39 is 16.9 Å². The third-order valence-corrected chi connectivity index (χ3v) is 3.67. The van der Waals surface area contributed by atoms with Crippen LogP contribution in [0.1, 0.15) is 39.0 Å². The number of hydrogen-bond acceptors (Lipinski definition) is 2. The second-order valence-electron chi connectivity index (χ2n) is 4.55. The maximum atomic E-state index is 13.6. The van der Waals surface area contributed by atoms with Crippen LogP contribution in [0.15, 0.2) is 0 Å². The highest BCUT2D eigenvalue weighted by atomic mass is 32.2. The fraction of sp³-hybridized carbons (Fsp3) is 1.00. The molecule has 0 spiro atoms. The number of hydrogen-bond donors (Lipinski definition) is 2. The van der Waals surface area contributed by atoms with Crippen molar-refractivity contribution in [1.29, 1.82) is 0 Å². The van der Waals surface area contributed by atoms with Crippen LogP contribution in [-0.4, -0.2) is 26.9 Å². The first kappa shape index (κ1) is 13.1. The van der Waals surface area contributed by atoms with Crippen molar-refractivity contribution in [2.75, 3.05) is 12.3 Å². The molecule has 1 aliphatic carbocycles. The topological polar surface area (TPSA) is 49.3 Å². The van der Waals surface area contributed by atoms with E-state index in [1.807, 2.05) is 0 Å². The molecule has 1 unspecified atom stereocenters. The van der Waals surface area contributed by atoms with Crippen molar-refractivity contribution in [3.63, 3.8) is 0 Å². The van der Waals surface area contributed by atoms with Crippen molar-refractivity contribution >= 4 is 11.1 Å². The lowest BCUT2D eigenvalue weighted by Gasteiger charge is -2.26. The largest absolute Gasteiger partial charge is 0.306 e. The lowest BCUT2D eigenvalue weighted by atomic mass is 9.89. The van der Waals surface area contributed by atoms with E-state index in [1.54, 1.807) is 0 Å². The molecule has 3 nitrogen and oxygen atoms in total. The molecule has 90 valence electrons. The van der Waals surface area contributed by atoms with Crippen molar-refractivity contribution in [2.45, 2.75) is 44.8 Å². The Morgan fingerprint density at radius 1 is 1.47 bits per heavy atom. The lowest BCUT2D eigenvalue weighted by Crippen LogP contribution is -2.45. The molecular weight excluding hydrogens is 217 g/mol. The Balaban J connectivity index is 2.24. The number of halogens is 1. The molecule has 0 aromatic carbocycles. The molecule has 0 aliphatic heterocycles. The average Bonchev–Trinajstić information content (AvgIpc) is 2.15. The lowest BCUT2D eigenvalue weighted by molar-refractivity contribution is 0.151. The third-order valence-electron chi connectivity index (χ3n) is 2.88. The predicted molar refractivity (Wildman–Crippen MR) is 59.7 cm³/mol. The summed E-state index contributed by atoms with van der Waals surface area (Å²) < 4.78 is 32.7. The number of rotatable bonds is 5. The Bertz CT molecular complexity index is 217. The van der Waals surface area contributed by atoms with Gasteiger partial charge in [-0.05, 0) is 25.7 Å². The van der Waals surface area contributed by atoms with Gasteiger partial charge in [-0.15, -0.1) is 0 Å². The Labute approximate surface area is 93.1 Å². The van der Waals surface area contributed by atoms with Gasteiger partial charge < -0.3 is 4.55 Å². The van der Waals surface area contributed by atoms with Gasteiger partial charge in [0.05, 0.1) is 5.75 Å². The Morgan fingerprint density at radius 3 is 2.60 bits per heavy atom. The molecule has 0 aromatic heterocycles. The Hall–Kier alpha value is -0.0000000000000000416. The minimum Gasteiger partial charge on any atom is -0.306 e. The summed E-state index contributed by atoms with van der Waals surface area (Å²) in [5.74, 6) is -1.56. The number of nitrogens with one attached hydrogen (secondary N) is 1. The fourth-order valence-corrected chi connectivity index (χ4v) is 2.60. The molecule has 0 saturated heterocycles. The van der Waals surface area contributed by atoms with E-state index in [0.29, 0.717) is 12.5 Å². The number of alkyl halides is 1. The molecule has 1 aliphatic rings. The summed E-state index contributed by atoms with van der Waals surface area (Å²) in [4.78, 5) is 0. The van der Waals surface area contributed by atoms with Gasteiger partial charge in [0.1, 0.15) is 0 Å². The van der Waals surface area contributed by atoms with Gasteiger partial charge in [0.2, 0.25) is 0 Å². The van der Waals surface area contributed by atoms with E-state index in [-0.39, 0.29) is 5.75 Å². The van der Waals surface area contributed by atoms with Gasteiger partial charge in [0, 0.05) is 6.54 Å². The molecule has 15 heavy (non-hydrogen) atoms. The van der Waals surface area contributed by atoms with E-state index in [0.717, 1.165) is 12.8 Å². The average molecular weight is 237 g/mol. The van der Waals surface area contributed by atoms with Gasteiger partial charge in [0.25, 0.3) is 0 Å². The first-order valence-corrected chi connectivity index (χ1v) is 6.78. The molecule has 0 radical (unpaired) electrons. The van der Waals surface area contributed by atoms with Crippen LogP contribution in [0.3, 0.4) is 0 Å². The van der Waals surface area contributed by atoms with Gasteiger partial charge in [-0.3, -0.25) is 5.32 Å². The monoisotopic (exact) mass is 237 g/mol. The van der Waals surface area contributed by atoms with Crippen molar-refractivity contribution in [3.05, 3.63) is 0 Å². The van der Waals surface area contributed by atoms with Crippen LogP contribution in [0.5, 0.6) is 0 Å². The first-order chi connectivity index (χ1) is 6.99. The smallest absolute Gasteiger partial charge is 0.172 e. The summed E-state index contributed by atoms with van der Waals surface area (Å²) in [5, 5.41) is 2.74. The molecule has 0 bridgehead atoms. The molecule has 0 aromatic rings. The highest BCUT2D eigenvalue weighted by Crippen LogP contribution is 2.23. The summed E-state index contributed by atoms with van der Waals surface area (Å²) in [6.45, 7) is 1.94. The highest BCUT2D eigenvalue weighted by molar-refractivity contribution is 7.79. The van der Waals surface area contributed by atoms with E-state index in [1.165, 1.54) is 26.2 Å². The zero-order valence-electron chi connectivity index (χ0n) is 9.17. The quantitative estimate of drug-likeness (QED) is 0.568. The second kappa shape index (κ2) is 5.92. The van der Waals surface area contributed by atoms with Crippen LogP contribution in [0.4, 0.5) is 4.39 Å². The second-order valence-corrected chi connectivity index (χ2v) is 5.48. The van der Waals surface area contributed by atoms with Gasteiger partial charge >= 0.3 is 0 Å². The van der Waals surface area contributed by atoms with Crippen molar-refractivity contribution in [3.8, 4) is 0 Å². The maximum absolute atomic E-state index is 13.6. The molecule has 1 rings (SSSR count). The first-order valence-electron chi connectivity index (χ1n) is 5.51. The molecule has 0 amide bonds. The Morgan fingerprint density at radius 2 is 2.07 bits per heavy atom. The third kappa shape index (κ3) is 5.58. The van der Waals surface area contributed by atoms with Crippen LogP contribution in [-0.2, 0) is 11.1 Å². The van der Waals surface area contributed by atoms with Gasteiger partial charge in [-0.2, -0.15) is 0 Å². The maximum Gasteiger partial charge on any atom is 0.172 e. The molecule has 2 atom stereocenters. The van der Waals surface area contributed by atoms with E-state index in [2.05, 4.69) is 5.32 Å². The standard InChI is InChI=1S/C10H20FNO2S/c1-10(11,8-15(13)14)12-7-9-5-3-2-4-6-9/h9,12H,2-8H2,1H3,(H,13,14)/t10-/m1/s1. The molecule has 0 heterocycles. The van der Waals surface area contributed by atoms with E-state index in [4.69, 9.17) is 4.55 Å². The van der Waals surface area contributed by atoms with Crippen molar-refractivity contribution < 1.29 is 13.2 Å². The summed E-state index contributed by atoms with van der Waals surface area (Å²) in [6.07, 6.45) is 6.02. The van der Waals surface area contributed by atoms with Crippen LogP contribution in [0.25, 0.3) is 0 Å². The Kier molecular flexibility index (Phi) is 5.15. The minimum atomic E-state index is -2.08.